The monoisotopic (exact) mass is 275 g/mol. The molecule has 0 radical (unpaired) electrons. The van der Waals surface area contributed by atoms with Gasteiger partial charge in [0.05, 0.1) is 17.3 Å². The fourth-order valence-electron chi connectivity index (χ4n) is 1.83. The molecule has 0 fully saturated rings. The van der Waals surface area contributed by atoms with Crippen molar-refractivity contribution in [3.05, 3.63) is 58.6 Å². The molecule has 0 heterocycles. The lowest BCUT2D eigenvalue weighted by molar-refractivity contribution is 0.340. The van der Waals surface area contributed by atoms with E-state index in [-0.39, 0.29) is 0 Å². The maximum atomic E-state index is 6.18. The molecule has 0 aliphatic carbocycles. The van der Waals surface area contributed by atoms with Gasteiger partial charge in [-0.3, -0.25) is 0 Å². The minimum atomic E-state index is 0.691. The molecule has 2 aromatic carbocycles. The Labute approximate surface area is 119 Å². The molecule has 0 atom stereocenters. The van der Waals surface area contributed by atoms with Crippen LogP contribution in [0.5, 0.6) is 5.75 Å². The first-order chi connectivity index (χ1) is 9.19. The molecule has 0 aliphatic heterocycles. The molecule has 0 unspecified atom stereocenters. The number of aryl methyl sites for hydroxylation is 1. The maximum absolute atomic E-state index is 6.18. The summed E-state index contributed by atoms with van der Waals surface area (Å²) >= 11 is 6.18. The Bertz CT molecular complexity index is 537. The van der Waals surface area contributed by atoms with E-state index in [1.807, 2.05) is 44.2 Å². The molecule has 1 N–H and O–H groups in total. The highest BCUT2D eigenvalue weighted by atomic mass is 35.5. The number of rotatable bonds is 5. The van der Waals surface area contributed by atoms with Crippen molar-refractivity contribution in [2.45, 2.75) is 20.4 Å². The lowest BCUT2D eigenvalue weighted by Gasteiger charge is -2.10. The van der Waals surface area contributed by atoms with E-state index in [1.54, 1.807) is 0 Å². The molecular formula is C16H18ClNO. The van der Waals surface area contributed by atoms with Gasteiger partial charge in [0.1, 0.15) is 5.75 Å². The fraction of sp³-hybridized carbons (Fsp3) is 0.250. The third-order valence-corrected chi connectivity index (χ3v) is 3.15. The highest BCUT2D eigenvalue weighted by molar-refractivity contribution is 6.33. The molecule has 2 nitrogen and oxygen atoms in total. The number of hydrogen-bond donors (Lipinski definition) is 1. The van der Waals surface area contributed by atoms with Gasteiger partial charge in [-0.25, -0.2) is 0 Å². The highest BCUT2D eigenvalue weighted by Gasteiger charge is 2.00. The standard InChI is InChI=1S/C16H18ClNO/c1-3-19-14-7-5-13(6-8-14)11-18-16-9-4-12(2)10-15(16)17/h4-10,18H,3,11H2,1-2H3. The third kappa shape index (κ3) is 3.90. The van der Waals surface area contributed by atoms with Crippen molar-refractivity contribution in [2.24, 2.45) is 0 Å². The fourth-order valence-corrected chi connectivity index (χ4v) is 2.13. The molecule has 100 valence electrons. The van der Waals surface area contributed by atoms with Crippen LogP contribution < -0.4 is 10.1 Å². The van der Waals surface area contributed by atoms with E-state index in [1.165, 1.54) is 5.56 Å². The molecule has 0 bridgehead atoms. The van der Waals surface area contributed by atoms with E-state index >= 15 is 0 Å². The van der Waals surface area contributed by atoms with E-state index in [4.69, 9.17) is 16.3 Å². The summed E-state index contributed by atoms with van der Waals surface area (Å²) in [5, 5.41) is 4.09. The summed E-state index contributed by atoms with van der Waals surface area (Å²) in [4.78, 5) is 0. The van der Waals surface area contributed by atoms with Gasteiger partial charge in [-0.2, -0.15) is 0 Å². The summed E-state index contributed by atoms with van der Waals surface area (Å²) in [6, 6.07) is 14.1. The van der Waals surface area contributed by atoms with Crippen LogP contribution in [0.3, 0.4) is 0 Å². The van der Waals surface area contributed by atoms with Crippen molar-refractivity contribution in [2.75, 3.05) is 11.9 Å². The summed E-state index contributed by atoms with van der Waals surface area (Å²) < 4.78 is 5.41. The predicted octanol–water partition coefficient (Wildman–Crippen LogP) is 4.66. The van der Waals surface area contributed by atoms with Crippen LogP contribution in [0.25, 0.3) is 0 Å². The Morgan fingerprint density at radius 2 is 1.84 bits per heavy atom. The van der Waals surface area contributed by atoms with Crippen LogP contribution in [0, 0.1) is 6.92 Å². The van der Waals surface area contributed by atoms with E-state index in [9.17, 15) is 0 Å². The largest absolute Gasteiger partial charge is 0.494 e. The first kappa shape index (κ1) is 13.8. The second kappa shape index (κ2) is 6.48. The summed E-state index contributed by atoms with van der Waals surface area (Å²) in [7, 11) is 0. The van der Waals surface area contributed by atoms with Gasteiger partial charge in [-0.1, -0.05) is 29.8 Å². The van der Waals surface area contributed by atoms with Crippen LogP contribution >= 0.6 is 11.6 Å². The van der Waals surface area contributed by atoms with Crippen molar-refractivity contribution in [1.82, 2.24) is 0 Å². The van der Waals surface area contributed by atoms with Gasteiger partial charge in [0.25, 0.3) is 0 Å². The number of nitrogens with one attached hydrogen (secondary N) is 1. The van der Waals surface area contributed by atoms with E-state index in [0.29, 0.717) is 6.61 Å². The van der Waals surface area contributed by atoms with Crippen LogP contribution in [0.4, 0.5) is 5.69 Å². The number of ether oxygens (including phenoxy) is 1. The number of halogens is 1. The van der Waals surface area contributed by atoms with Gasteiger partial charge < -0.3 is 10.1 Å². The Morgan fingerprint density at radius 1 is 1.11 bits per heavy atom. The smallest absolute Gasteiger partial charge is 0.119 e. The maximum Gasteiger partial charge on any atom is 0.119 e. The second-order valence-electron chi connectivity index (χ2n) is 4.41. The molecule has 0 spiro atoms. The van der Waals surface area contributed by atoms with E-state index in [2.05, 4.69) is 17.4 Å². The Morgan fingerprint density at radius 3 is 2.47 bits per heavy atom. The molecular weight excluding hydrogens is 258 g/mol. The first-order valence-electron chi connectivity index (χ1n) is 6.41. The quantitative estimate of drug-likeness (QED) is 0.857. The molecule has 0 amide bonds. The van der Waals surface area contributed by atoms with Crippen LogP contribution in [0.15, 0.2) is 42.5 Å². The van der Waals surface area contributed by atoms with Gasteiger partial charge in [-0.05, 0) is 49.2 Å². The Balaban J connectivity index is 1.98. The summed E-state index contributed by atoms with van der Waals surface area (Å²) in [5.74, 6) is 0.902. The molecule has 0 aliphatic rings. The van der Waals surface area contributed by atoms with Crippen LogP contribution in [0.2, 0.25) is 5.02 Å². The lowest BCUT2D eigenvalue weighted by Crippen LogP contribution is -2.00. The van der Waals surface area contributed by atoms with Crippen LogP contribution in [-0.4, -0.2) is 6.61 Å². The topological polar surface area (TPSA) is 21.3 Å². The van der Waals surface area contributed by atoms with Crippen molar-refractivity contribution >= 4 is 17.3 Å². The number of anilines is 1. The van der Waals surface area contributed by atoms with Gasteiger partial charge >= 0.3 is 0 Å². The third-order valence-electron chi connectivity index (χ3n) is 2.84. The van der Waals surface area contributed by atoms with Crippen LogP contribution in [-0.2, 0) is 6.54 Å². The predicted molar refractivity (Wildman–Crippen MR) is 81.1 cm³/mol. The molecule has 2 aromatic rings. The molecule has 0 saturated heterocycles. The van der Waals surface area contributed by atoms with Crippen molar-refractivity contribution in [3.8, 4) is 5.75 Å². The number of benzene rings is 2. The van der Waals surface area contributed by atoms with Gasteiger partial charge in [-0.15, -0.1) is 0 Å². The minimum absolute atomic E-state index is 0.691. The Kier molecular flexibility index (Phi) is 4.69. The lowest BCUT2D eigenvalue weighted by atomic mass is 10.2. The molecule has 3 heteroatoms. The zero-order valence-electron chi connectivity index (χ0n) is 11.2. The van der Waals surface area contributed by atoms with E-state index < -0.39 is 0 Å². The zero-order valence-corrected chi connectivity index (χ0v) is 12.0. The Hall–Kier alpha value is -1.67. The molecule has 19 heavy (non-hydrogen) atoms. The summed E-state index contributed by atoms with van der Waals surface area (Å²) in [6.07, 6.45) is 0. The molecule has 2 rings (SSSR count). The first-order valence-corrected chi connectivity index (χ1v) is 6.78. The average molecular weight is 276 g/mol. The molecule has 0 aromatic heterocycles. The van der Waals surface area contributed by atoms with Gasteiger partial charge in [0, 0.05) is 6.54 Å². The van der Waals surface area contributed by atoms with Gasteiger partial charge in [0.2, 0.25) is 0 Å². The van der Waals surface area contributed by atoms with Crippen molar-refractivity contribution < 1.29 is 4.74 Å². The summed E-state index contributed by atoms with van der Waals surface area (Å²) in [6.45, 7) is 5.45. The van der Waals surface area contributed by atoms with Crippen molar-refractivity contribution in [3.63, 3.8) is 0 Å². The van der Waals surface area contributed by atoms with E-state index in [0.717, 1.165) is 28.6 Å². The normalized spacial score (nSPS) is 10.3. The zero-order chi connectivity index (χ0) is 13.7. The molecule has 0 saturated carbocycles. The van der Waals surface area contributed by atoms with Crippen molar-refractivity contribution in [1.29, 1.82) is 0 Å². The number of hydrogen-bond acceptors (Lipinski definition) is 2. The summed E-state index contributed by atoms with van der Waals surface area (Å²) in [5.41, 5.74) is 3.32. The minimum Gasteiger partial charge on any atom is -0.494 e. The van der Waals surface area contributed by atoms with Crippen LogP contribution in [0.1, 0.15) is 18.1 Å². The average Bonchev–Trinajstić information content (AvgIpc) is 2.40. The van der Waals surface area contributed by atoms with Gasteiger partial charge in [0.15, 0.2) is 0 Å². The SMILES string of the molecule is CCOc1ccc(CNc2ccc(C)cc2Cl)cc1. The highest BCUT2D eigenvalue weighted by Crippen LogP contribution is 2.23. The second-order valence-corrected chi connectivity index (χ2v) is 4.82.